The number of rotatable bonds is 13. The number of methoxy groups -OCH3 is 2. The number of hydrogen-bond acceptors (Lipinski definition) is 9. The Balaban J connectivity index is 0.000000233. The summed E-state index contributed by atoms with van der Waals surface area (Å²) >= 11 is 6.30. The summed E-state index contributed by atoms with van der Waals surface area (Å²) in [5, 5.41) is 7.34. The van der Waals surface area contributed by atoms with Crippen LogP contribution in [0, 0.1) is 0 Å². The van der Waals surface area contributed by atoms with Gasteiger partial charge in [-0.25, -0.2) is 0 Å². The van der Waals surface area contributed by atoms with Gasteiger partial charge in [0.25, 0.3) is 0 Å². The Morgan fingerprint density at radius 1 is 0.478 bits per heavy atom. The van der Waals surface area contributed by atoms with Crippen molar-refractivity contribution in [1.29, 1.82) is 0 Å². The van der Waals surface area contributed by atoms with Crippen LogP contribution in [0.25, 0.3) is 0 Å². The van der Waals surface area contributed by atoms with Gasteiger partial charge in [0.1, 0.15) is 43.3 Å². The van der Waals surface area contributed by atoms with E-state index in [1.165, 1.54) is 21.2 Å². The Morgan fingerprint density at radius 3 is 1.07 bits per heavy atom. The molecule has 0 aliphatic carbocycles. The van der Waals surface area contributed by atoms with Gasteiger partial charge >= 0.3 is 34.5 Å². The predicted octanol–water partition coefficient (Wildman–Crippen LogP) is 9.67. The van der Waals surface area contributed by atoms with Gasteiger partial charge in [0, 0.05) is 12.1 Å². The van der Waals surface area contributed by atoms with Crippen molar-refractivity contribution in [2.24, 2.45) is 11.5 Å². The van der Waals surface area contributed by atoms with Crippen molar-refractivity contribution in [3.05, 3.63) is 216 Å². The molecule has 0 aromatic heterocycles. The molecule has 4 N–H and O–H groups in total. The molecule has 0 bridgehead atoms. The molecular weight excluding hydrogens is 1050 g/mol. The molecule has 0 spiro atoms. The van der Waals surface area contributed by atoms with E-state index in [4.69, 9.17) is 71.5 Å². The van der Waals surface area contributed by atoms with Gasteiger partial charge in [-0.2, -0.15) is 0 Å². The van der Waals surface area contributed by atoms with Gasteiger partial charge < -0.3 is 39.9 Å². The first kappa shape index (κ1) is 50.0. The van der Waals surface area contributed by atoms with Gasteiger partial charge in [-0.1, -0.05) is 109 Å². The van der Waals surface area contributed by atoms with E-state index in [0.29, 0.717) is 27.9 Å². The molecule has 2 aliphatic heterocycles. The molecule has 2 unspecified atom stereocenters. The molecule has 0 fully saturated rings. The first-order chi connectivity index (χ1) is 33.8. The summed E-state index contributed by atoms with van der Waals surface area (Å²) in [5.41, 5.74) is 16.2. The molecule has 0 saturated heterocycles. The van der Waals surface area contributed by atoms with Crippen molar-refractivity contribution >= 4 is 84.1 Å². The standard InChI is InChI=1S/C39H28O4P2S.C16H20N2O2.2ClH.Ru/c46-39(35-33(23-21-31-37(35)42-25-40-31)44(27-13-5-1-6-14-27)28-15-7-2-8-16-28)36-34(24-22-32-38(36)43-26-41-32)45(29-17-9-3-10-18-29)30-19-11-4-12-20-30;1-19-13-7-3-11(4-8-13)15(17)16(18)12-5-9-14(20-2)10-6-12;;;/h1-24H,25-26H2;3-10,15-16H,17-18H2,1-2H3;2*1H;/q;;;;+4. The SMILES string of the molecule is COc1ccc(C(N)C(N)c2ccc(OC)cc2)cc1.S=C(c1c([PH+](c2ccccc2)c2ccccc2)ccc2c1OCO2)c1c([PH+](c2ccccc2)c2ccccc2)ccc2c1OCO2.[Cl][Ru+2][Cl]. The quantitative estimate of drug-likeness (QED) is 0.0506. The van der Waals surface area contributed by atoms with Crippen LogP contribution in [-0.4, -0.2) is 32.7 Å². The minimum atomic E-state index is -1.52. The molecule has 2 aliphatic rings. The molecule has 8 aromatic rings. The summed E-state index contributed by atoms with van der Waals surface area (Å²) in [5.74, 6) is 4.39. The van der Waals surface area contributed by atoms with Crippen LogP contribution in [-0.2, 0) is 15.1 Å². The molecule has 69 heavy (non-hydrogen) atoms. The van der Waals surface area contributed by atoms with Crippen molar-refractivity contribution < 1.29 is 43.6 Å². The number of hydrogen-bond donors (Lipinski definition) is 2. The second-order valence-electron chi connectivity index (χ2n) is 15.6. The van der Waals surface area contributed by atoms with Crippen LogP contribution in [0.2, 0.25) is 0 Å². The average molecular weight is 1100 g/mol. The van der Waals surface area contributed by atoms with E-state index < -0.39 is 15.8 Å². The Kier molecular flexibility index (Phi) is 17.7. The second kappa shape index (κ2) is 24.5. The van der Waals surface area contributed by atoms with Gasteiger partial charge in [-0.3, -0.25) is 0 Å². The fourth-order valence-electron chi connectivity index (χ4n) is 8.38. The van der Waals surface area contributed by atoms with E-state index in [1.54, 1.807) is 14.2 Å². The van der Waals surface area contributed by atoms with Crippen molar-refractivity contribution in [3.63, 3.8) is 0 Å². The Morgan fingerprint density at radius 2 is 0.783 bits per heavy atom. The van der Waals surface area contributed by atoms with Gasteiger partial charge in [0.2, 0.25) is 13.6 Å². The zero-order valence-corrected chi connectivity index (χ0v) is 43.7. The Hall–Kier alpha value is -5.37. The first-order valence-electron chi connectivity index (χ1n) is 21.9. The summed E-state index contributed by atoms with van der Waals surface area (Å²) in [4.78, 5) is 0.679. The van der Waals surface area contributed by atoms with Crippen molar-refractivity contribution in [1.82, 2.24) is 0 Å². The summed E-state index contributed by atoms with van der Waals surface area (Å²) in [6, 6.07) is 66.0. The number of ether oxygens (including phenoxy) is 6. The van der Waals surface area contributed by atoms with E-state index in [1.807, 2.05) is 60.7 Å². The maximum atomic E-state index is 6.64. The first-order valence-corrected chi connectivity index (χ1v) is 29.7. The van der Waals surface area contributed by atoms with Crippen molar-refractivity contribution in [2.45, 2.75) is 12.1 Å². The van der Waals surface area contributed by atoms with E-state index in [9.17, 15) is 0 Å². The topological polar surface area (TPSA) is 107 Å². The van der Waals surface area contributed by atoms with E-state index in [0.717, 1.165) is 44.4 Å². The van der Waals surface area contributed by atoms with Gasteiger partial charge in [0.05, 0.1) is 46.1 Å². The number of benzene rings is 8. The Bertz CT molecular complexity index is 2660. The average Bonchev–Trinajstić information content (AvgIpc) is 4.11. The third kappa shape index (κ3) is 11.6. The van der Waals surface area contributed by atoms with Crippen LogP contribution in [0.1, 0.15) is 34.3 Å². The van der Waals surface area contributed by atoms with Crippen molar-refractivity contribution in [2.75, 3.05) is 27.8 Å². The number of thiocarbonyl (C=S) groups is 1. The molecule has 10 rings (SSSR count). The fraction of sp³-hybridized carbons (Fsp3) is 0.109. The van der Waals surface area contributed by atoms with E-state index in [2.05, 4.69) is 133 Å². The molecule has 0 radical (unpaired) electrons. The van der Waals surface area contributed by atoms with Crippen LogP contribution in [0.15, 0.2) is 194 Å². The van der Waals surface area contributed by atoms with Crippen LogP contribution >= 0.6 is 47.4 Å². The minimum absolute atomic E-state index is 0.148. The zero-order valence-electron chi connectivity index (χ0n) is 37.7. The van der Waals surface area contributed by atoms with E-state index in [-0.39, 0.29) is 40.8 Å². The second-order valence-corrected chi connectivity index (χ2v) is 23.6. The Labute approximate surface area is 427 Å². The fourth-order valence-corrected chi connectivity index (χ4v) is 14.5. The zero-order chi connectivity index (χ0) is 48.1. The van der Waals surface area contributed by atoms with Gasteiger partial charge in [-0.05, 0) is 108 Å². The summed E-state index contributed by atoms with van der Waals surface area (Å²) in [7, 11) is 9.95. The summed E-state index contributed by atoms with van der Waals surface area (Å²) in [6.07, 6.45) is 0. The van der Waals surface area contributed by atoms with Crippen LogP contribution < -0.4 is 71.7 Å². The molecule has 8 aromatic carbocycles. The number of nitrogens with two attached hydrogens (primary N) is 2. The van der Waals surface area contributed by atoms with Gasteiger partial charge in [0.15, 0.2) is 23.0 Å². The number of halogens is 2. The molecule has 2 atom stereocenters. The van der Waals surface area contributed by atoms with Crippen LogP contribution in [0.5, 0.6) is 34.5 Å². The predicted molar refractivity (Wildman–Crippen MR) is 288 cm³/mol. The monoisotopic (exact) mass is 1100 g/mol. The summed E-state index contributed by atoms with van der Waals surface area (Å²) < 4.78 is 34.7. The molecule has 0 amide bonds. The van der Waals surface area contributed by atoms with Crippen molar-refractivity contribution in [3.8, 4) is 34.5 Å². The molecular formula is C55H50Cl2N2O6P2RuS+4. The van der Waals surface area contributed by atoms with Crippen LogP contribution in [0.4, 0.5) is 0 Å². The molecule has 350 valence electrons. The normalized spacial score (nSPS) is 12.8. The molecule has 0 saturated carbocycles. The molecule has 2 heterocycles. The maximum absolute atomic E-state index is 6.64. The van der Waals surface area contributed by atoms with Gasteiger partial charge in [-0.15, -0.1) is 0 Å². The third-order valence-corrected chi connectivity index (χ3v) is 17.7. The van der Waals surface area contributed by atoms with E-state index >= 15 is 0 Å². The van der Waals surface area contributed by atoms with Crippen LogP contribution in [0.3, 0.4) is 0 Å². The summed E-state index contributed by atoms with van der Waals surface area (Å²) in [6.45, 7) is 0.297. The molecule has 8 nitrogen and oxygen atoms in total. The number of fused-ring (bicyclic) bond motifs is 2. The molecule has 14 heteroatoms. The third-order valence-electron chi connectivity index (χ3n) is 11.7.